The number of aliphatic hydroxyl groups is 1. The summed E-state index contributed by atoms with van der Waals surface area (Å²) < 4.78 is 0. The van der Waals surface area contributed by atoms with Crippen molar-refractivity contribution in [3.8, 4) is 0 Å². The van der Waals surface area contributed by atoms with Crippen LogP contribution >= 0.6 is 0 Å². The maximum Gasteiger partial charge on any atom is 0.159 e. The minimum absolute atomic E-state index is 0.100. The normalized spacial score (nSPS) is 24.2. The van der Waals surface area contributed by atoms with Crippen LogP contribution in [0.1, 0.15) is 40.0 Å². The number of rotatable bonds is 4. The summed E-state index contributed by atoms with van der Waals surface area (Å²) in [6.07, 6.45) is 5.43. The van der Waals surface area contributed by atoms with Crippen LogP contribution in [-0.2, 0) is 4.79 Å². The highest BCUT2D eigenvalue weighted by Gasteiger charge is 2.28. The minimum Gasteiger partial charge on any atom is -0.388 e. The van der Waals surface area contributed by atoms with Crippen molar-refractivity contribution < 1.29 is 9.90 Å². The predicted octanol–water partition coefficient (Wildman–Crippen LogP) is 3.19. The van der Waals surface area contributed by atoms with Gasteiger partial charge in [-0.3, -0.25) is 4.79 Å². The lowest BCUT2D eigenvalue weighted by atomic mass is 9.81. The zero-order valence-corrected chi connectivity index (χ0v) is 11.0. The Hall–Kier alpha value is -1.15. The molecule has 0 bridgehead atoms. The van der Waals surface area contributed by atoms with Crippen molar-refractivity contribution in [3.05, 3.63) is 35.5 Å². The van der Waals surface area contributed by atoms with Crippen LogP contribution in [0.15, 0.2) is 35.5 Å². The van der Waals surface area contributed by atoms with Crippen molar-refractivity contribution in [2.24, 2.45) is 5.92 Å². The van der Waals surface area contributed by atoms with E-state index in [1.807, 2.05) is 0 Å². The van der Waals surface area contributed by atoms with Gasteiger partial charge in [-0.25, -0.2) is 0 Å². The molecule has 0 aromatic heterocycles. The van der Waals surface area contributed by atoms with E-state index in [-0.39, 0.29) is 11.7 Å². The topological polar surface area (TPSA) is 37.3 Å². The molecule has 0 aromatic carbocycles. The van der Waals surface area contributed by atoms with Gasteiger partial charge in [0.1, 0.15) is 0 Å². The molecule has 94 valence electrons. The maximum atomic E-state index is 11.6. The van der Waals surface area contributed by atoms with Crippen LogP contribution in [-0.4, -0.2) is 17.0 Å². The van der Waals surface area contributed by atoms with Gasteiger partial charge in [-0.1, -0.05) is 23.8 Å². The van der Waals surface area contributed by atoms with Gasteiger partial charge in [0.2, 0.25) is 0 Å². The molecule has 0 heterocycles. The third kappa shape index (κ3) is 3.97. The number of carbonyl (C=O) groups is 1. The molecule has 0 saturated carbocycles. The third-order valence-electron chi connectivity index (χ3n) is 3.22. The van der Waals surface area contributed by atoms with E-state index < -0.39 is 6.10 Å². The first-order valence-corrected chi connectivity index (χ1v) is 6.12. The molecular weight excluding hydrogens is 212 g/mol. The second-order valence-electron chi connectivity index (χ2n) is 5.05. The minimum atomic E-state index is -0.549. The molecule has 0 unspecified atom stereocenters. The molecule has 0 aromatic rings. The molecule has 0 spiro atoms. The summed E-state index contributed by atoms with van der Waals surface area (Å²) >= 11 is 0. The van der Waals surface area contributed by atoms with Crippen molar-refractivity contribution in [3.63, 3.8) is 0 Å². The van der Waals surface area contributed by atoms with Crippen LogP contribution in [0.2, 0.25) is 0 Å². The highest BCUT2D eigenvalue weighted by Crippen LogP contribution is 2.29. The van der Waals surface area contributed by atoms with Crippen molar-refractivity contribution in [1.29, 1.82) is 0 Å². The number of ketones is 1. The zero-order chi connectivity index (χ0) is 13.0. The molecule has 2 nitrogen and oxygen atoms in total. The molecule has 2 heteroatoms. The number of allylic oxidation sites excluding steroid dienone is 3. The molecule has 1 aliphatic rings. The average molecular weight is 234 g/mol. The smallest absolute Gasteiger partial charge is 0.159 e. The molecule has 0 amide bonds. The molecule has 0 radical (unpaired) electrons. The van der Waals surface area contributed by atoms with Gasteiger partial charge in [-0.05, 0) is 45.3 Å². The van der Waals surface area contributed by atoms with Crippen LogP contribution in [0.3, 0.4) is 0 Å². The first-order chi connectivity index (χ1) is 7.91. The lowest BCUT2D eigenvalue weighted by Gasteiger charge is -2.26. The van der Waals surface area contributed by atoms with Crippen molar-refractivity contribution >= 4 is 5.78 Å². The first-order valence-electron chi connectivity index (χ1n) is 6.12. The standard InChI is InChI=1S/C15H22O2/c1-10(2)6-5-7-11(3)13-9-14(16)12(4)8-15(13)17/h6,8,13,15,17H,3,5,7,9H2,1-2,4H3/t13-,15+/m0/s1. The van der Waals surface area contributed by atoms with Crippen LogP contribution in [0.25, 0.3) is 0 Å². The number of aliphatic hydroxyl groups excluding tert-OH is 1. The van der Waals surface area contributed by atoms with Crippen LogP contribution in [0, 0.1) is 5.92 Å². The van der Waals surface area contributed by atoms with Gasteiger partial charge < -0.3 is 5.11 Å². The van der Waals surface area contributed by atoms with Gasteiger partial charge in [-0.2, -0.15) is 0 Å². The second kappa shape index (κ2) is 5.97. The summed E-state index contributed by atoms with van der Waals surface area (Å²) in [6.45, 7) is 9.90. The fraction of sp³-hybridized carbons (Fsp3) is 0.533. The summed E-state index contributed by atoms with van der Waals surface area (Å²) in [7, 11) is 0. The average Bonchev–Trinajstić information content (AvgIpc) is 2.22. The van der Waals surface area contributed by atoms with Gasteiger partial charge in [0.25, 0.3) is 0 Å². The van der Waals surface area contributed by atoms with Crippen molar-refractivity contribution in [2.75, 3.05) is 0 Å². The van der Waals surface area contributed by atoms with Crippen molar-refractivity contribution in [2.45, 2.75) is 46.1 Å². The van der Waals surface area contributed by atoms with E-state index in [4.69, 9.17) is 0 Å². The third-order valence-corrected chi connectivity index (χ3v) is 3.22. The highest BCUT2D eigenvalue weighted by atomic mass is 16.3. The highest BCUT2D eigenvalue weighted by molar-refractivity contribution is 5.96. The summed E-state index contributed by atoms with van der Waals surface area (Å²) in [5.41, 5.74) is 2.94. The van der Waals surface area contributed by atoms with E-state index in [1.54, 1.807) is 13.0 Å². The zero-order valence-electron chi connectivity index (χ0n) is 11.0. The fourth-order valence-corrected chi connectivity index (χ4v) is 2.06. The summed E-state index contributed by atoms with van der Waals surface area (Å²) in [6, 6.07) is 0. The van der Waals surface area contributed by atoms with Gasteiger partial charge in [0.05, 0.1) is 6.10 Å². The molecule has 0 saturated heterocycles. The maximum absolute atomic E-state index is 11.6. The molecule has 1 N–H and O–H groups in total. The number of hydrogen-bond donors (Lipinski definition) is 1. The molecule has 0 aliphatic heterocycles. The molecule has 2 atom stereocenters. The molecule has 1 aliphatic carbocycles. The largest absolute Gasteiger partial charge is 0.388 e. The Balaban J connectivity index is 2.59. The predicted molar refractivity (Wildman–Crippen MR) is 70.7 cm³/mol. The fourth-order valence-electron chi connectivity index (χ4n) is 2.06. The molecular formula is C15H22O2. The second-order valence-corrected chi connectivity index (χ2v) is 5.05. The molecule has 0 fully saturated rings. The lowest BCUT2D eigenvalue weighted by Crippen LogP contribution is -2.28. The van der Waals surface area contributed by atoms with Crippen LogP contribution in [0.5, 0.6) is 0 Å². The number of hydrogen-bond acceptors (Lipinski definition) is 2. The first kappa shape index (κ1) is 13.9. The van der Waals surface area contributed by atoms with E-state index >= 15 is 0 Å². The summed E-state index contributed by atoms with van der Waals surface area (Å²) in [4.78, 5) is 11.6. The van der Waals surface area contributed by atoms with E-state index in [0.717, 1.165) is 18.4 Å². The Kier molecular flexibility index (Phi) is 4.88. The Morgan fingerprint density at radius 1 is 1.59 bits per heavy atom. The summed E-state index contributed by atoms with van der Waals surface area (Å²) in [5.74, 6) is 0.0282. The Labute approximate surface area is 104 Å². The van der Waals surface area contributed by atoms with Crippen LogP contribution in [0.4, 0.5) is 0 Å². The van der Waals surface area contributed by atoms with E-state index in [9.17, 15) is 9.90 Å². The Bertz CT molecular complexity index is 370. The van der Waals surface area contributed by atoms with E-state index in [2.05, 4.69) is 26.5 Å². The Morgan fingerprint density at radius 2 is 2.24 bits per heavy atom. The van der Waals surface area contributed by atoms with E-state index in [0.29, 0.717) is 12.0 Å². The molecule has 1 rings (SSSR count). The quantitative estimate of drug-likeness (QED) is 0.758. The SMILES string of the molecule is C=C(CCC=C(C)C)[C@@H]1CC(=O)C(C)=C[C@H]1O. The monoisotopic (exact) mass is 234 g/mol. The lowest BCUT2D eigenvalue weighted by molar-refractivity contribution is -0.117. The summed E-state index contributed by atoms with van der Waals surface area (Å²) in [5, 5.41) is 9.93. The van der Waals surface area contributed by atoms with E-state index in [1.165, 1.54) is 5.57 Å². The molecule has 17 heavy (non-hydrogen) atoms. The van der Waals surface area contributed by atoms with Crippen LogP contribution < -0.4 is 0 Å². The van der Waals surface area contributed by atoms with Gasteiger partial charge >= 0.3 is 0 Å². The number of carbonyl (C=O) groups excluding carboxylic acids is 1. The van der Waals surface area contributed by atoms with Gasteiger partial charge in [0, 0.05) is 12.3 Å². The van der Waals surface area contributed by atoms with Crippen molar-refractivity contribution in [1.82, 2.24) is 0 Å². The van der Waals surface area contributed by atoms with Gasteiger partial charge in [0.15, 0.2) is 5.78 Å². The van der Waals surface area contributed by atoms with Gasteiger partial charge in [-0.15, -0.1) is 0 Å². The number of Topliss-reactive ketones (excluding diaryl/α,β-unsaturated/α-hetero) is 1. The Morgan fingerprint density at radius 3 is 2.82 bits per heavy atom.